The molecule has 0 spiro atoms. The van der Waals surface area contributed by atoms with Gasteiger partial charge in [0, 0.05) is 23.1 Å². The molecule has 1 fully saturated rings. The number of amides is 3. The van der Waals surface area contributed by atoms with Crippen LogP contribution in [0.15, 0.2) is 53.4 Å². The van der Waals surface area contributed by atoms with Crippen molar-refractivity contribution < 1.29 is 14.4 Å². The summed E-state index contributed by atoms with van der Waals surface area (Å²) in [7, 11) is 0. The minimum Gasteiger partial charge on any atom is -0.354 e. The molecular weight excluding hydrogens is 419 g/mol. The van der Waals surface area contributed by atoms with Gasteiger partial charge in [-0.3, -0.25) is 19.3 Å². The van der Waals surface area contributed by atoms with Crippen molar-refractivity contribution in [3.8, 4) is 0 Å². The first-order valence-electron chi connectivity index (χ1n) is 8.44. The van der Waals surface area contributed by atoms with E-state index >= 15 is 0 Å². The number of benzene rings is 2. The minimum absolute atomic E-state index is 0.120. The lowest BCUT2D eigenvalue weighted by atomic mass is 10.1. The topological polar surface area (TPSA) is 66.5 Å². The van der Waals surface area contributed by atoms with E-state index in [9.17, 15) is 14.4 Å². The molecule has 28 heavy (non-hydrogen) atoms. The molecule has 0 bridgehead atoms. The van der Waals surface area contributed by atoms with Gasteiger partial charge in [-0.1, -0.05) is 47.5 Å². The van der Waals surface area contributed by atoms with Crippen LogP contribution in [0.3, 0.4) is 0 Å². The number of nitrogens with zero attached hydrogens (tertiary/aromatic N) is 1. The summed E-state index contributed by atoms with van der Waals surface area (Å²) in [6.45, 7) is 0.313. The number of nitrogens with one attached hydrogen (secondary N) is 1. The quantitative estimate of drug-likeness (QED) is 0.684. The van der Waals surface area contributed by atoms with E-state index in [1.54, 1.807) is 54.6 Å². The second-order valence-electron chi connectivity index (χ2n) is 6.04. The lowest BCUT2D eigenvalue weighted by Crippen LogP contribution is -2.37. The highest BCUT2D eigenvalue weighted by molar-refractivity contribution is 8.18. The van der Waals surface area contributed by atoms with Crippen LogP contribution in [0.5, 0.6) is 0 Å². The number of hydrogen-bond donors (Lipinski definition) is 1. The Morgan fingerprint density at radius 1 is 1.00 bits per heavy atom. The van der Waals surface area contributed by atoms with Crippen LogP contribution in [0.1, 0.15) is 11.1 Å². The molecule has 1 heterocycles. The van der Waals surface area contributed by atoms with Gasteiger partial charge in [-0.2, -0.15) is 0 Å². The van der Waals surface area contributed by atoms with E-state index in [1.165, 1.54) is 0 Å². The van der Waals surface area contributed by atoms with E-state index in [0.717, 1.165) is 27.8 Å². The Kier molecular flexibility index (Phi) is 6.78. The summed E-state index contributed by atoms with van der Waals surface area (Å²) in [5.41, 5.74) is 1.62. The first kappa shape index (κ1) is 20.5. The summed E-state index contributed by atoms with van der Waals surface area (Å²) in [6.07, 6.45) is 1.86. The molecule has 3 rings (SSSR count). The number of carbonyl (C=O) groups is 3. The third-order valence-corrected chi connectivity index (χ3v) is 5.39. The minimum atomic E-state index is -0.364. The lowest BCUT2D eigenvalue weighted by Gasteiger charge is -2.13. The largest absolute Gasteiger partial charge is 0.354 e. The molecule has 8 heteroatoms. The second kappa shape index (κ2) is 9.28. The predicted molar refractivity (Wildman–Crippen MR) is 112 cm³/mol. The fourth-order valence-corrected chi connectivity index (χ4v) is 3.68. The van der Waals surface area contributed by atoms with Crippen LogP contribution in [0, 0.1) is 0 Å². The Morgan fingerprint density at radius 2 is 1.61 bits per heavy atom. The summed E-state index contributed by atoms with van der Waals surface area (Å²) < 4.78 is 0. The van der Waals surface area contributed by atoms with E-state index in [1.807, 2.05) is 0 Å². The van der Waals surface area contributed by atoms with Crippen LogP contribution >= 0.6 is 35.0 Å². The highest BCUT2D eigenvalue weighted by Crippen LogP contribution is 2.32. The maximum absolute atomic E-state index is 12.5. The van der Waals surface area contributed by atoms with Crippen molar-refractivity contribution >= 4 is 58.1 Å². The van der Waals surface area contributed by atoms with E-state index in [4.69, 9.17) is 23.2 Å². The number of thioether (sulfide) groups is 1. The molecule has 1 saturated heterocycles. The maximum Gasteiger partial charge on any atom is 0.293 e. The van der Waals surface area contributed by atoms with Crippen LogP contribution in [0.25, 0.3) is 6.08 Å². The first-order chi connectivity index (χ1) is 13.4. The molecule has 0 aromatic heterocycles. The van der Waals surface area contributed by atoms with Crippen LogP contribution in [-0.2, 0) is 16.0 Å². The molecule has 1 aliphatic heterocycles. The van der Waals surface area contributed by atoms with Crippen molar-refractivity contribution in [2.45, 2.75) is 6.42 Å². The molecule has 2 aromatic carbocycles. The number of halogens is 2. The molecule has 1 aliphatic rings. The predicted octanol–water partition coefficient (Wildman–Crippen LogP) is 4.39. The molecule has 0 unspecified atom stereocenters. The summed E-state index contributed by atoms with van der Waals surface area (Å²) in [6, 6.07) is 14.0. The van der Waals surface area contributed by atoms with Gasteiger partial charge in [0.05, 0.1) is 11.3 Å². The standard InChI is InChI=1S/C20H16Cl2N2O3S/c21-15-5-1-13(2-6-15)11-17-19(26)24(20(27)28-17)10-9-23-18(25)12-14-3-7-16(22)8-4-14/h1-8,11H,9-10,12H2,(H,23,25)/b17-11-. The molecule has 0 aliphatic carbocycles. The first-order valence-corrected chi connectivity index (χ1v) is 10.0. The van der Waals surface area contributed by atoms with Gasteiger partial charge in [-0.05, 0) is 53.2 Å². The summed E-state index contributed by atoms with van der Waals surface area (Å²) in [5, 5.41) is 3.58. The molecule has 144 valence electrons. The van der Waals surface area contributed by atoms with E-state index in [-0.39, 0.29) is 36.6 Å². The summed E-state index contributed by atoms with van der Waals surface area (Å²) >= 11 is 12.6. The van der Waals surface area contributed by atoms with Crippen molar-refractivity contribution in [2.75, 3.05) is 13.1 Å². The molecule has 5 nitrogen and oxygen atoms in total. The molecule has 0 atom stereocenters. The van der Waals surface area contributed by atoms with E-state index < -0.39 is 0 Å². The van der Waals surface area contributed by atoms with Gasteiger partial charge in [0.1, 0.15) is 0 Å². The second-order valence-corrected chi connectivity index (χ2v) is 7.90. The Bertz CT molecular complexity index is 927. The number of imide groups is 1. The van der Waals surface area contributed by atoms with E-state index in [0.29, 0.717) is 15.0 Å². The van der Waals surface area contributed by atoms with Gasteiger partial charge in [-0.15, -0.1) is 0 Å². The van der Waals surface area contributed by atoms with Crippen molar-refractivity contribution in [3.05, 3.63) is 74.6 Å². The third kappa shape index (κ3) is 5.38. The van der Waals surface area contributed by atoms with Crippen molar-refractivity contribution in [1.82, 2.24) is 10.2 Å². The Morgan fingerprint density at radius 3 is 2.25 bits per heavy atom. The van der Waals surface area contributed by atoms with Gasteiger partial charge in [-0.25, -0.2) is 0 Å². The monoisotopic (exact) mass is 434 g/mol. The molecular formula is C20H16Cl2N2O3S. The normalized spacial score (nSPS) is 15.4. The van der Waals surface area contributed by atoms with Gasteiger partial charge in [0.2, 0.25) is 5.91 Å². The molecule has 0 radical (unpaired) electrons. The molecule has 1 N–H and O–H groups in total. The average molecular weight is 435 g/mol. The number of rotatable bonds is 6. The summed E-state index contributed by atoms with van der Waals surface area (Å²) in [4.78, 5) is 38.1. The lowest BCUT2D eigenvalue weighted by molar-refractivity contribution is -0.124. The number of hydrogen-bond acceptors (Lipinski definition) is 4. The van der Waals surface area contributed by atoms with Crippen molar-refractivity contribution in [1.29, 1.82) is 0 Å². The molecule has 2 aromatic rings. The molecule has 3 amide bonds. The molecule has 0 saturated carbocycles. The average Bonchev–Trinajstić information content (AvgIpc) is 2.93. The highest BCUT2D eigenvalue weighted by Gasteiger charge is 2.34. The SMILES string of the molecule is O=C(Cc1ccc(Cl)cc1)NCCN1C(=O)S/C(=C\c2ccc(Cl)cc2)C1=O. The van der Waals surface area contributed by atoms with Crippen LogP contribution in [-0.4, -0.2) is 35.0 Å². The van der Waals surface area contributed by atoms with Crippen molar-refractivity contribution in [2.24, 2.45) is 0 Å². The van der Waals surface area contributed by atoms with Crippen LogP contribution in [0.4, 0.5) is 4.79 Å². The zero-order valence-corrected chi connectivity index (χ0v) is 17.0. The van der Waals surface area contributed by atoms with Crippen molar-refractivity contribution in [3.63, 3.8) is 0 Å². The Labute approximate surface area is 176 Å². The third-order valence-electron chi connectivity index (χ3n) is 3.98. The highest BCUT2D eigenvalue weighted by atomic mass is 35.5. The smallest absolute Gasteiger partial charge is 0.293 e. The van der Waals surface area contributed by atoms with Gasteiger partial charge in [0.25, 0.3) is 11.1 Å². The van der Waals surface area contributed by atoms with Crippen LogP contribution < -0.4 is 5.32 Å². The zero-order valence-electron chi connectivity index (χ0n) is 14.7. The number of carbonyl (C=O) groups excluding carboxylic acids is 3. The van der Waals surface area contributed by atoms with Gasteiger partial charge < -0.3 is 5.32 Å². The summed E-state index contributed by atoms with van der Waals surface area (Å²) in [5.74, 6) is -0.553. The Balaban J connectivity index is 1.52. The maximum atomic E-state index is 12.5. The van der Waals surface area contributed by atoms with Crippen LogP contribution in [0.2, 0.25) is 10.0 Å². The Hall–Kier alpha value is -2.28. The van der Waals surface area contributed by atoms with Gasteiger partial charge >= 0.3 is 0 Å². The van der Waals surface area contributed by atoms with E-state index in [2.05, 4.69) is 5.32 Å². The fourth-order valence-electron chi connectivity index (χ4n) is 2.56. The fraction of sp³-hybridized carbons (Fsp3) is 0.150. The van der Waals surface area contributed by atoms with Gasteiger partial charge in [0.15, 0.2) is 0 Å². The zero-order chi connectivity index (χ0) is 20.1.